The van der Waals surface area contributed by atoms with Gasteiger partial charge in [0.2, 0.25) is 0 Å². The van der Waals surface area contributed by atoms with Crippen LogP contribution in [0, 0.1) is 0 Å². The van der Waals surface area contributed by atoms with E-state index in [0.717, 1.165) is 57.4 Å². The lowest BCUT2D eigenvalue weighted by molar-refractivity contribution is 0.0530. The number of rotatable bonds is 8. The number of guanidine groups is 1. The Morgan fingerprint density at radius 2 is 1.89 bits per heavy atom. The Balaban J connectivity index is 0.00000364. The molecular formula is C21H36IN3O2. The molecule has 1 aliphatic rings. The topological polar surface area (TPSA) is 46.1 Å². The molecule has 1 aromatic carbocycles. The molecule has 27 heavy (non-hydrogen) atoms. The third-order valence-corrected chi connectivity index (χ3v) is 5.23. The minimum atomic E-state index is 0. The maximum atomic E-state index is 5.65. The van der Waals surface area contributed by atoms with Gasteiger partial charge in [-0.15, -0.1) is 24.0 Å². The molecule has 154 valence electrons. The molecule has 6 heteroatoms. The monoisotopic (exact) mass is 489 g/mol. The number of unbranched alkanes of at least 4 members (excludes halogenated alkanes) is 1. The van der Waals surface area contributed by atoms with Gasteiger partial charge in [-0.3, -0.25) is 4.99 Å². The summed E-state index contributed by atoms with van der Waals surface area (Å²) >= 11 is 0. The van der Waals surface area contributed by atoms with E-state index < -0.39 is 0 Å². The Bertz CT molecular complexity index is 557. The Labute approximate surface area is 181 Å². The van der Waals surface area contributed by atoms with Crippen molar-refractivity contribution < 1.29 is 9.47 Å². The summed E-state index contributed by atoms with van der Waals surface area (Å²) in [7, 11) is 3.83. The number of halogens is 1. The zero-order chi connectivity index (χ0) is 18.8. The summed E-state index contributed by atoms with van der Waals surface area (Å²) < 4.78 is 11.0. The Morgan fingerprint density at radius 3 is 2.44 bits per heavy atom. The van der Waals surface area contributed by atoms with Crippen LogP contribution in [0.4, 0.5) is 0 Å². The average molecular weight is 489 g/mol. The van der Waals surface area contributed by atoms with Gasteiger partial charge in [-0.25, -0.2) is 0 Å². The number of hydrogen-bond acceptors (Lipinski definition) is 3. The van der Waals surface area contributed by atoms with Crippen LogP contribution >= 0.6 is 24.0 Å². The van der Waals surface area contributed by atoms with Crippen molar-refractivity contribution in [3.63, 3.8) is 0 Å². The van der Waals surface area contributed by atoms with Gasteiger partial charge in [0.05, 0.1) is 13.7 Å². The van der Waals surface area contributed by atoms with Gasteiger partial charge in [-0.2, -0.15) is 0 Å². The van der Waals surface area contributed by atoms with Crippen LogP contribution in [0.5, 0.6) is 5.75 Å². The Hall–Kier alpha value is -1.02. The zero-order valence-corrected chi connectivity index (χ0v) is 19.6. The standard InChI is InChI=1S/C21H35N3O2.HI/c1-5-7-14-24(3)20(22-6-2)23-17-21(12-15-26-16-13-21)18-8-10-19(25-4)11-9-18;/h8-11H,5-7,12-17H2,1-4H3,(H,22,23);1H. The van der Waals surface area contributed by atoms with E-state index in [0.29, 0.717) is 0 Å². The highest BCUT2D eigenvalue weighted by Crippen LogP contribution is 2.36. The number of nitrogens with zero attached hydrogens (tertiary/aromatic N) is 2. The van der Waals surface area contributed by atoms with Crippen molar-refractivity contribution in [3.8, 4) is 5.75 Å². The second kappa shape index (κ2) is 12.4. The van der Waals surface area contributed by atoms with Gasteiger partial charge in [-0.1, -0.05) is 25.5 Å². The van der Waals surface area contributed by atoms with Crippen LogP contribution in [-0.2, 0) is 10.2 Å². The zero-order valence-electron chi connectivity index (χ0n) is 17.3. The normalized spacial score (nSPS) is 16.4. The molecule has 0 amide bonds. The van der Waals surface area contributed by atoms with E-state index in [-0.39, 0.29) is 29.4 Å². The Morgan fingerprint density at radius 1 is 1.22 bits per heavy atom. The lowest BCUT2D eigenvalue weighted by atomic mass is 9.74. The van der Waals surface area contributed by atoms with E-state index in [1.54, 1.807) is 7.11 Å². The smallest absolute Gasteiger partial charge is 0.193 e. The molecule has 0 radical (unpaired) electrons. The first-order valence-electron chi connectivity index (χ1n) is 9.87. The molecule has 1 aliphatic heterocycles. The van der Waals surface area contributed by atoms with Crippen LogP contribution in [0.3, 0.4) is 0 Å². The number of ether oxygens (including phenoxy) is 2. The van der Waals surface area contributed by atoms with Crippen molar-refractivity contribution in [2.75, 3.05) is 47.0 Å². The quantitative estimate of drug-likeness (QED) is 0.340. The molecule has 1 N–H and O–H groups in total. The maximum absolute atomic E-state index is 5.65. The van der Waals surface area contributed by atoms with Crippen LogP contribution in [0.15, 0.2) is 29.3 Å². The predicted octanol–water partition coefficient (Wildman–Crippen LogP) is 4.06. The predicted molar refractivity (Wildman–Crippen MR) is 124 cm³/mol. The van der Waals surface area contributed by atoms with Crippen molar-refractivity contribution in [2.24, 2.45) is 4.99 Å². The summed E-state index contributed by atoms with van der Waals surface area (Å²) in [6, 6.07) is 8.48. The highest BCUT2D eigenvalue weighted by molar-refractivity contribution is 14.0. The fraction of sp³-hybridized carbons (Fsp3) is 0.667. The highest BCUT2D eigenvalue weighted by Gasteiger charge is 2.34. The second-order valence-corrected chi connectivity index (χ2v) is 7.07. The molecule has 5 nitrogen and oxygen atoms in total. The van der Waals surface area contributed by atoms with Crippen molar-refractivity contribution in [1.82, 2.24) is 10.2 Å². The van der Waals surface area contributed by atoms with Crippen LogP contribution in [0.2, 0.25) is 0 Å². The van der Waals surface area contributed by atoms with Gasteiger partial charge in [-0.05, 0) is 43.9 Å². The molecular weight excluding hydrogens is 453 g/mol. The van der Waals surface area contributed by atoms with E-state index in [9.17, 15) is 0 Å². The summed E-state index contributed by atoms with van der Waals surface area (Å²) in [6.45, 7) is 8.62. The van der Waals surface area contributed by atoms with Crippen LogP contribution < -0.4 is 10.1 Å². The Kier molecular flexibility index (Phi) is 11.1. The summed E-state index contributed by atoms with van der Waals surface area (Å²) in [5.41, 5.74) is 1.37. The molecule has 1 heterocycles. The number of methoxy groups -OCH3 is 1. The molecule has 1 fully saturated rings. The van der Waals surface area contributed by atoms with E-state index in [2.05, 4.69) is 55.4 Å². The van der Waals surface area contributed by atoms with E-state index in [4.69, 9.17) is 14.5 Å². The van der Waals surface area contributed by atoms with Gasteiger partial charge < -0.3 is 19.7 Å². The van der Waals surface area contributed by atoms with Crippen LogP contribution in [0.1, 0.15) is 45.1 Å². The SMILES string of the molecule is CCCCN(C)C(=NCC1(c2ccc(OC)cc2)CCOCC1)NCC.I. The minimum Gasteiger partial charge on any atom is -0.497 e. The first-order valence-corrected chi connectivity index (χ1v) is 9.87. The average Bonchev–Trinajstić information content (AvgIpc) is 2.70. The van der Waals surface area contributed by atoms with E-state index >= 15 is 0 Å². The molecule has 0 bridgehead atoms. The van der Waals surface area contributed by atoms with Crippen molar-refractivity contribution in [1.29, 1.82) is 0 Å². The maximum Gasteiger partial charge on any atom is 0.193 e. The third-order valence-electron chi connectivity index (χ3n) is 5.23. The molecule has 1 aromatic rings. The summed E-state index contributed by atoms with van der Waals surface area (Å²) in [5, 5.41) is 3.44. The lowest BCUT2D eigenvalue weighted by Gasteiger charge is -2.37. The summed E-state index contributed by atoms with van der Waals surface area (Å²) in [5.74, 6) is 1.90. The lowest BCUT2D eigenvalue weighted by Crippen LogP contribution is -2.42. The van der Waals surface area contributed by atoms with Crippen LogP contribution in [0.25, 0.3) is 0 Å². The molecule has 0 unspecified atom stereocenters. The minimum absolute atomic E-state index is 0. The van der Waals surface area contributed by atoms with Crippen LogP contribution in [-0.4, -0.2) is 57.9 Å². The van der Waals surface area contributed by atoms with Gasteiger partial charge in [0.1, 0.15) is 5.75 Å². The fourth-order valence-electron chi connectivity index (χ4n) is 3.44. The molecule has 2 rings (SSSR count). The second-order valence-electron chi connectivity index (χ2n) is 7.07. The molecule has 0 atom stereocenters. The number of benzene rings is 1. The van der Waals surface area contributed by atoms with E-state index in [1.807, 2.05) is 0 Å². The van der Waals surface area contributed by atoms with Gasteiger partial charge in [0, 0.05) is 38.8 Å². The molecule has 0 aliphatic carbocycles. The largest absolute Gasteiger partial charge is 0.497 e. The molecule has 0 saturated carbocycles. The van der Waals surface area contributed by atoms with Gasteiger partial charge in [0.25, 0.3) is 0 Å². The molecule has 1 saturated heterocycles. The van der Waals surface area contributed by atoms with Gasteiger partial charge in [0.15, 0.2) is 5.96 Å². The summed E-state index contributed by atoms with van der Waals surface area (Å²) in [4.78, 5) is 7.27. The first kappa shape index (κ1) is 24.0. The highest BCUT2D eigenvalue weighted by atomic mass is 127. The summed E-state index contributed by atoms with van der Waals surface area (Å²) in [6.07, 6.45) is 4.37. The van der Waals surface area contributed by atoms with Crippen molar-refractivity contribution in [2.45, 2.75) is 44.9 Å². The number of nitrogens with one attached hydrogen (secondary N) is 1. The van der Waals surface area contributed by atoms with E-state index in [1.165, 1.54) is 18.4 Å². The van der Waals surface area contributed by atoms with Crippen molar-refractivity contribution in [3.05, 3.63) is 29.8 Å². The number of hydrogen-bond donors (Lipinski definition) is 1. The fourth-order valence-corrected chi connectivity index (χ4v) is 3.44. The number of aliphatic imine (C=N–C) groups is 1. The molecule has 0 aromatic heterocycles. The van der Waals surface area contributed by atoms with Gasteiger partial charge >= 0.3 is 0 Å². The third kappa shape index (κ3) is 6.82. The van der Waals surface area contributed by atoms with Crippen molar-refractivity contribution >= 4 is 29.9 Å². The first-order chi connectivity index (χ1) is 12.6. The molecule has 0 spiro atoms.